The third kappa shape index (κ3) is 5.18. The van der Waals surface area contributed by atoms with Crippen molar-refractivity contribution in [3.8, 4) is 5.75 Å². The van der Waals surface area contributed by atoms with Crippen molar-refractivity contribution in [2.45, 2.75) is 57.2 Å². The molecule has 0 amide bonds. The maximum atomic E-state index is 13.6. The fraction of sp³-hybridized carbons (Fsp3) is 0.583. The summed E-state index contributed by atoms with van der Waals surface area (Å²) in [5.41, 5.74) is 5.35. The molecule has 1 aromatic carbocycles. The van der Waals surface area contributed by atoms with Crippen molar-refractivity contribution < 1.29 is 31.1 Å². The molecule has 4 aliphatic rings. The Morgan fingerprint density at radius 2 is 1.69 bits per heavy atom. The van der Waals surface area contributed by atoms with Crippen LogP contribution in [0, 0.1) is 23.2 Å². The van der Waals surface area contributed by atoms with E-state index in [0.29, 0.717) is 30.5 Å². The van der Waals surface area contributed by atoms with Crippen LogP contribution in [0.3, 0.4) is 0 Å². The van der Waals surface area contributed by atoms with Crippen molar-refractivity contribution in [2.75, 3.05) is 17.2 Å². The van der Waals surface area contributed by atoms with Gasteiger partial charge in [-0.3, -0.25) is 0 Å². The van der Waals surface area contributed by atoms with E-state index >= 15 is 0 Å². The third-order valence-corrected chi connectivity index (χ3v) is 7.83. The fourth-order valence-electron chi connectivity index (χ4n) is 6.58. The van der Waals surface area contributed by atoms with E-state index in [1.807, 2.05) is 0 Å². The van der Waals surface area contributed by atoms with Crippen LogP contribution < -0.4 is 21.1 Å². The van der Waals surface area contributed by atoms with Gasteiger partial charge >= 0.3 is 12.5 Å². The second-order valence-electron chi connectivity index (χ2n) is 10.4. The number of hydrogen-bond donors (Lipinski definition) is 3. The number of ether oxygens (including phenoxy) is 1. The second kappa shape index (κ2) is 8.97. The smallest absolute Gasteiger partial charge is 0.405 e. The minimum Gasteiger partial charge on any atom is -0.405 e. The van der Waals surface area contributed by atoms with E-state index in [4.69, 9.17) is 5.73 Å². The Labute approximate surface area is 204 Å². The van der Waals surface area contributed by atoms with Gasteiger partial charge < -0.3 is 21.1 Å². The molecular weight excluding hydrogens is 488 g/mol. The number of benzene rings is 1. The molecule has 4 fully saturated rings. The van der Waals surface area contributed by atoms with Crippen LogP contribution in [0.4, 0.5) is 38.1 Å². The number of hydrogen-bond acceptors (Lipinski definition) is 6. The van der Waals surface area contributed by atoms with Gasteiger partial charge in [-0.2, -0.15) is 18.2 Å². The molecule has 196 valence electrons. The van der Waals surface area contributed by atoms with Crippen LogP contribution in [0.25, 0.3) is 0 Å². The zero-order chi connectivity index (χ0) is 25.7. The first-order valence-electron chi connectivity index (χ1n) is 11.9. The number of para-hydroxylation sites is 1. The molecule has 4 aliphatic carbocycles. The Kier molecular flexibility index (Phi) is 6.20. The van der Waals surface area contributed by atoms with Gasteiger partial charge in [-0.05, 0) is 61.3 Å². The number of aromatic nitrogens is 2. The molecule has 1 aromatic heterocycles. The van der Waals surface area contributed by atoms with Crippen LogP contribution in [-0.2, 0) is 12.7 Å². The number of halogens is 6. The highest BCUT2D eigenvalue weighted by molar-refractivity contribution is 5.50. The van der Waals surface area contributed by atoms with Crippen LogP contribution in [0.5, 0.6) is 5.75 Å². The third-order valence-electron chi connectivity index (χ3n) is 7.83. The molecule has 4 saturated carbocycles. The molecule has 6 rings (SSSR count). The first-order chi connectivity index (χ1) is 16.9. The first kappa shape index (κ1) is 24.9. The predicted octanol–water partition coefficient (Wildman–Crippen LogP) is 5.57. The predicted molar refractivity (Wildman–Crippen MR) is 120 cm³/mol. The zero-order valence-corrected chi connectivity index (χ0v) is 19.3. The molecule has 2 aromatic rings. The maximum absolute atomic E-state index is 13.6. The van der Waals surface area contributed by atoms with E-state index < -0.39 is 29.7 Å². The SMILES string of the molecule is N[C@@H]1[C@@H]2CC3C[C@H]1C[C@@](CNc1ncc(C(F)(F)F)c(NCc4ccccc4OC(F)(F)F)n1)(C3)C2. The lowest BCUT2D eigenvalue weighted by Gasteiger charge is -2.59. The van der Waals surface area contributed by atoms with E-state index in [2.05, 4.69) is 25.3 Å². The summed E-state index contributed by atoms with van der Waals surface area (Å²) in [6, 6.07) is 5.46. The van der Waals surface area contributed by atoms with Gasteiger partial charge in [0.1, 0.15) is 17.1 Å². The lowest BCUT2D eigenvalue weighted by molar-refractivity contribution is -0.274. The van der Waals surface area contributed by atoms with Crippen LogP contribution >= 0.6 is 0 Å². The van der Waals surface area contributed by atoms with Gasteiger partial charge in [0, 0.05) is 30.9 Å². The van der Waals surface area contributed by atoms with Crippen molar-refractivity contribution in [3.05, 3.63) is 41.6 Å². The average Bonchev–Trinajstić information content (AvgIpc) is 2.78. The number of rotatable bonds is 7. The molecule has 1 unspecified atom stereocenters. The van der Waals surface area contributed by atoms with E-state index in [-0.39, 0.29) is 29.5 Å². The van der Waals surface area contributed by atoms with Crippen molar-refractivity contribution >= 4 is 11.8 Å². The van der Waals surface area contributed by atoms with Crippen LogP contribution in [0.15, 0.2) is 30.5 Å². The molecule has 1 heterocycles. The first-order valence-corrected chi connectivity index (χ1v) is 11.9. The molecule has 5 atom stereocenters. The summed E-state index contributed by atoms with van der Waals surface area (Å²) in [5.74, 6) is 0.595. The summed E-state index contributed by atoms with van der Waals surface area (Å²) in [7, 11) is 0. The number of alkyl halides is 6. The van der Waals surface area contributed by atoms with Crippen LogP contribution in [-0.4, -0.2) is 28.9 Å². The number of anilines is 2. The molecule has 4 N–H and O–H groups in total. The molecule has 0 aliphatic heterocycles. The van der Waals surface area contributed by atoms with Gasteiger partial charge in [-0.15, -0.1) is 13.2 Å². The van der Waals surface area contributed by atoms with Gasteiger partial charge in [0.15, 0.2) is 0 Å². The van der Waals surface area contributed by atoms with E-state index in [0.717, 1.165) is 38.2 Å². The zero-order valence-electron chi connectivity index (χ0n) is 19.3. The summed E-state index contributed by atoms with van der Waals surface area (Å²) in [4.78, 5) is 7.93. The van der Waals surface area contributed by atoms with Gasteiger partial charge in [0.05, 0.1) is 0 Å². The Morgan fingerprint density at radius 3 is 2.36 bits per heavy atom. The lowest BCUT2D eigenvalue weighted by Crippen LogP contribution is -2.58. The van der Waals surface area contributed by atoms with Gasteiger partial charge in [-0.25, -0.2) is 4.98 Å². The normalized spacial score (nSPS) is 29.3. The van der Waals surface area contributed by atoms with Crippen LogP contribution in [0.1, 0.15) is 43.2 Å². The standard InChI is InChI=1S/C24H27F6N5O/c25-23(26,27)17-11-33-21(34-12-22-7-13-5-15(8-22)19(31)16(6-13)9-22)35-20(17)32-10-14-3-1-2-4-18(14)36-24(28,29)30/h1-4,11,13,15-16,19H,5-10,12,31H2,(H2,32,33,34,35)/t13?,15-,16+,19-,22-. The van der Waals surface area contributed by atoms with E-state index in [9.17, 15) is 26.3 Å². The molecular formula is C24H27F6N5O. The maximum Gasteiger partial charge on any atom is 0.573 e. The summed E-state index contributed by atoms with van der Waals surface area (Å²) in [6.45, 7) is 0.176. The molecule has 4 bridgehead atoms. The second-order valence-corrected chi connectivity index (χ2v) is 10.4. The van der Waals surface area contributed by atoms with Crippen LogP contribution in [0.2, 0.25) is 0 Å². The van der Waals surface area contributed by atoms with Crippen molar-refractivity contribution in [3.63, 3.8) is 0 Å². The van der Waals surface area contributed by atoms with Gasteiger partial charge in [-0.1, -0.05) is 18.2 Å². The molecule has 36 heavy (non-hydrogen) atoms. The number of nitrogens with two attached hydrogens (primary N) is 1. The molecule has 6 nitrogen and oxygen atoms in total. The van der Waals surface area contributed by atoms with Crippen molar-refractivity contribution in [1.82, 2.24) is 9.97 Å². The molecule has 12 heteroatoms. The monoisotopic (exact) mass is 515 g/mol. The Hall–Kier alpha value is -2.76. The van der Waals surface area contributed by atoms with Gasteiger partial charge in [0.2, 0.25) is 5.95 Å². The summed E-state index contributed by atoms with van der Waals surface area (Å²) in [5, 5.41) is 5.66. The summed E-state index contributed by atoms with van der Waals surface area (Å²) >= 11 is 0. The average molecular weight is 516 g/mol. The van der Waals surface area contributed by atoms with E-state index in [1.165, 1.54) is 18.2 Å². The Bertz CT molecular complexity index is 1090. The minimum atomic E-state index is -4.93. The summed E-state index contributed by atoms with van der Waals surface area (Å²) < 4.78 is 82.9. The fourth-order valence-corrected chi connectivity index (χ4v) is 6.58. The minimum absolute atomic E-state index is 0.0277. The highest BCUT2D eigenvalue weighted by atomic mass is 19.4. The highest BCUT2D eigenvalue weighted by Crippen LogP contribution is 2.59. The Balaban J connectivity index is 1.32. The summed E-state index contributed by atoms with van der Waals surface area (Å²) in [6.07, 6.45) is -3.69. The highest BCUT2D eigenvalue weighted by Gasteiger charge is 2.54. The number of nitrogens with one attached hydrogen (secondary N) is 2. The molecule has 0 saturated heterocycles. The topological polar surface area (TPSA) is 85.1 Å². The largest absolute Gasteiger partial charge is 0.573 e. The Morgan fingerprint density at radius 1 is 1.00 bits per heavy atom. The van der Waals surface area contributed by atoms with Crippen molar-refractivity contribution in [2.24, 2.45) is 28.9 Å². The lowest BCUT2D eigenvalue weighted by atomic mass is 9.48. The van der Waals surface area contributed by atoms with E-state index in [1.54, 1.807) is 0 Å². The molecule has 0 spiro atoms. The quantitative estimate of drug-likeness (QED) is 0.418. The number of nitrogens with zero attached hydrogens (tertiary/aromatic N) is 2. The molecule has 0 radical (unpaired) electrons. The van der Waals surface area contributed by atoms with Gasteiger partial charge in [0.25, 0.3) is 0 Å². The van der Waals surface area contributed by atoms with Crippen molar-refractivity contribution in [1.29, 1.82) is 0 Å².